The number of benzene rings is 1. The van der Waals surface area contributed by atoms with Gasteiger partial charge in [-0.2, -0.15) is 0 Å². The van der Waals surface area contributed by atoms with Crippen molar-refractivity contribution in [3.63, 3.8) is 0 Å². The second-order valence-electron chi connectivity index (χ2n) is 4.95. The molecule has 0 aromatic heterocycles. The Labute approximate surface area is 123 Å². The fourth-order valence-electron chi connectivity index (χ4n) is 2.48. The van der Waals surface area contributed by atoms with E-state index in [-0.39, 0.29) is 12.5 Å². The molecule has 0 atom stereocenters. The van der Waals surface area contributed by atoms with Crippen LogP contribution in [0.1, 0.15) is 24.8 Å². The van der Waals surface area contributed by atoms with Gasteiger partial charge in [-0.3, -0.25) is 4.79 Å². The average Bonchev–Trinajstić information content (AvgIpc) is 2.53. The number of nitrogens with zero attached hydrogens (tertiary/aromatic N) is 1. The van der Waals surface area contributed by atoms with Crippen molar-refractivity contribution in [1.82, 2.24) is 9.62 Å². The van der Waals surface area contributed by atoms with Crippen LogP contribution in [0, 0.1) is 0 Å². The highest BCUT2D eigenvalue weighted by Crippen LogP contribution is 2.30. The van der Waals surface area contributed by atoms with Gasteiger partial charge in [-0.25, -0.2) is 0 Å². The summed E-state index contributed by atoms with van der Waals surface area (Å²) in [6, 6.07) is 8.03. The SMILES string of the molecule is O=C(COC1=CNSc2ccccc21)N1CCCCC1. The number of ether oxygens (including phenoxy) is 1. The van der Waals surface area contributed by atoms with Crippen molar-refractivity contribution in [1.29, 1.82) is 0 Å². The second kappa shape index (κ2) is 6.22. The molecule has 2 aliphatic heterocycles. The first-order valence-corrected chi connectivity index (χ1v) is 7.79. The van der Waals surface area contributed by atoms with Crippen molar-refractivity contribution in [3.05, 3.63) is 36.0 Å². The first-order valence-electron chi connectivity index (χ1n) is 6.97. The number of rotatable bonds is 3. The molecule has 3 rings (SSSR count). The van der Waals surface area contributed by atoms with Crippen LogP contribution in [0.5, 0.6) is 0 Å². The minimum Gasteiger partial charge on any atom is -0.482 e. The molecule has 2 heterocycles. The Kier molecular flexibility index (Phi) is 4.16. The van der Waals surface area contributed by atoms with Crippen LogP contribution >= 0.6 is 11.9 Å². The summed E-state index contributed by atoms with van der Waals surface area (Å²) < 4.78 is 8.82. The van der Waals surface area contributed by atoms with Gasteiger partial charge in [-0.05, 0) is 37.3 Å². The highest BCUT2D eigenvalue weighted by atomic mass is 32.2. The predicted octanol–water partition coefficient (Wildman–Crippen LogP) is 2.62. The smallest absolute Gasteiger partial charge is 0.260 e. The molecule has 1 fully saturated rings. The zero-order valence-corrected chi connectivity index (χ0v) is 12.1. The van der Waals surface area contributed by atoms with E-state index in [4.69, 9.17) is 4.74 Å². The van der Waals surface area contributed by atoms with Crippen LogP contribution in [-0.2, 0) is 9.53 Å². The van der Waals surface area contributed by atoms with E-state index in [1.807, 2.05) is 35.4 Å². The number of amides is 1. The van der Waals surface area contributed by atoms with Gasteiger partial charge in [0.1, 0.15) is 5.76 Å². The number of likely N-dealkylation sites (tertiary alicyclic amines) is 1. The Morgan fingerprint density at radius 3 is 2.90 bits per heavy atom. The van der Waals surface area contributed by atoms with Gasteiger partial charge in [0, 0.05) is 23.5 Å². The van der Waals surface area contributed by atoms with E-state index in [2.05, 4.69) is 4.72 Å². The van der Waals surface area contributed by atoms with Crippen LogP contribution in [0.25, 0.3) is 5.76 Å². The van der Waals surface area contributed by atoms with E-state index in [1.54, 1.807) is 11.9 Å². The van der Waals surface area contributed by atoms with Crippen LogP contribution in [0.15, 0.2) is 35.4 Å². The van der Waals surface area contributed by atoms with Crippen molar-refractivity contribution in [3.8, 4) is 0 Å². The normalized spacial score (nSPS) is 17.8. The quantitative estimate of drug-likeness (QED) is 0.869. The Hall–Kier alpha value is -1.62. The maximum Gasteiger partial charge on any atom is 0.260 e. The predicted molar refractivity (Wildman–Crippen MR) is 79.8 cm³/mol. The van der Waals surface area contributed by atoms with Crippen LogP contribution < -0.4 is 4.72 Å². The number of piperidine rings is 1. The monoisotopic (exact) mass is 290 g/mol. The summed E-state index contributed by atoms with van der Waals surface area (Å²) in [5, 5.41) is 0. The minimum absolute atomic E-state index is 0.0845. The lowest BCUT2D eigenvalue weighted by molar-refractivity contribution is -0.134. The van der Waals surface area contributed by atoms with Gasteiger partial charge < -0.3 is 14.4 Å². The molecular weight excluding hydrogens is 272 g/mol. The van der Waals surface area contributed by atoms with Gasteiger partial charge in [-0.1, -0.05) is 18.2 Å². The van der Waals surface area contributed by atoms with Gasteiger partial charge in [0.2, 0.25) is 0 Å². The molecule has 4 nitrogen and oxygen atoms in total. The maximum absolute atomic E-state index is 12.1. The van der Waals surface area contributed by atoms with E-state index in [9.17, 15) is 4.79 Å². The molecule has 0 unspecified atom stereocenters. The summed E-state index contributed by atoms with van der Waals surface area (Å²) in [6.07, 6.45) is 5.26. The molecule has 1 amide bonds. The lowest BCUT2D eigenvalue weighted by Crippen LogP contribution is -2.37. The molecule has 1 N–H and O–H groups in total. The molecular formula is C15H18N2O2S. The average molecular weight is 290 g/mol. The molecule has 5 heteroatoms. The van der Waals surface area contributed by atoms with E-state index < -0.39 is 0 Å². The molecule has 0 aliphatic carbocycles. The van der Waals surface area contributed by atoms with Gasteiger partial charge in [-0.15, -0.1) is 0 Å². The molecule has 1 aromatic rings. The summed E-state index contributed by atoms with van der Waals surface area (Å²) in [5.74, 6) is 0.825. The highest BCUT2D eigenvalue weighted by Gasteiger charge is 2.19. The van der Waals surface area contributed by atoms with Crippen molar-refractivity contribution in [2.45, 2.75) is 24.2 Å². The number of hydrogen-bond acceptors (Lipinski definition) is 4. The molecule has 0 radical (unpaired) electrons. The Morgan fingerprint density at radius 1 is 1.25 bits per heavy atom. The minimum atomic E-state index is 0.0845. The zero-order valence-electron chi connectivity index (χ0n) is 11.3. The van der Waals surface area contributed by atoms with Gasteiger partial charge >= 0.3 is 0 Å². The summed E-state index contributed by atoms with van der Waals surface area (Å²) in [6.45, 7) is 1.85. The summed E-state index contributed by atoms with van der Waals surface area (Å²) in [7, 11) is 0. The molecule has 106 valence electrons. The third-order valence-corrected chi connectivity index (χ3v) is 4.38. The van der Waals surface area contributed by atoms with Crippen LogP contribution in [0.2, 0.25) is 0 Å². The summed E-state index contributed by atoms with van der Waals surface area (Å²) >= 11 is 1.55. The van der Waals surface area contributed by atoms with Crippen LogP contribution in [0.3, 0.4) is 0 Å². The standard InChI is InChI=1S/C15H18N2O2S/c18-15(17-8-4-1-5-9-17)11-19-13-10-16-20-14-7-3-2-6-12(13)14/h2-3,6-7,10,16H,1,4-5,8-9,11H2. The molecule has 20 heavy (non-hydrogen) atoms. The first-order chi connectivity index (χ1) is 9.84. The number of fused-ring (bicyclic) bond motifs is 1. The van der Waals surface area contributed by atoms with Gasteiger partial charge in [0.15, 0.2) is 6.61 Å². The third-order valence-electron chi connectivity index (χ3n) is 3.57. The van der Waals surface area contributed by atoms with Gasteiger partial charge in [0.05, 0.1) is 6.20 Å². The number of carbonyl (C=O) groups is 1. The second-order valence-corrected chi connectivity index (χ2v) is 5.83. The van der Waals surface area contributed by atoms with Crippen LogP contribution in [0.4, 0.5) is 0 Å². The van der Waals surface area contributed by atoms with E-state index in [0.29, 0.717) is 0 Å². The first kappa shape index (κ1) is 13.4. The molecule has 0 spiro atoms. The number of nitrogens with one attached hydrogen (secondary N) is 1. The maximum atomic E-state index is 12.1. The zero-order chi connectivity index (χ0) is 13.8. The third kappa shape index (κ3) is 2.93. The number of carbonyl (C=O) groups excluding carboxylic acids is 1. The Balaban J connectivity index is 1.61. The summed E-state index contributed by atoms with van der Waals surface area (Å²) in [5.41, 5.74) is 1.04. The summed E-state index contributed by atoms with van der Waals surface area (Å²) in [4.78, 5) is 15.1. The van der Waals surface area contributed by atoms with E-state index in [1.165, 1.54) is 6.42 Å². The lowest BCUT2D eigenvalue weighted by atomic mass is 10.1. The van der Waals surface area contributed by atoms with Crippen molar-refractivity contribution >= 4 is 23.6 Å². The fourth-order valence-corrected chi connectivity index (χ4v) is 3.20. The number of hydrogen-bond donors (Lipinski definition) is 1. The van der Waals surface area contributed by atoms with Gasteiger partial charge in [0.25, 0.3) is 5.91 Å². The molecule has 0 bridgehead atoms. The van der Waals surface area contributed by atoms with Crippen molar-refractivity contribution in [2.24, 2.45) is 0 Å². The Morgan fingerprint density at radius 2 is 2.05 bits per heavy atom. The molecule has 1 aromatic carbocycles. The molecule has 1 saturated heterocycles. The highest BCUT2D eigenvalue weighted by molar-refractivity contribution is 7.97. The fraction of sp³-hybridized carbons (Fsp3) is 0.400. The van der Waals surface area contributed by atoms with Crippen LogP contribution in [-0.4, -0.2) is 30.5 Å². The topological polar surface area (TPSA) is 41.6 Å². The van der Waals surface area contributed by atoms with Crippen molar-refractivity contribution < 1.29 is 9.53 Å². The van der Waals surface area contributed by atoms with E-state index >= 15 is 0 Å². The van der Waals surface area contributed by atoms with E-state index in [0.717, 1.165) is 42.1 Å². The lowest BCUT2D eigenvalue weighted by Gasteiger charge is -2.27. The Bertz CT molecular complexity index is 524. The molecule has 0 saturated carbocycles. The van der Waals surface area contributed by atoms with Crippen molar-refractivity contribution in [2.75, 3.05) is 19.7 Å². The molecule has 2 aliphatic rings. The largest absolute Gasteiger partial charge is 0.482 e.